The van der Waals surface area contributed by atoms with Crippen molar-refractivity contribution in [1.82, 2.24) is 0 Å². The fraction of sp³-hybridized carbons (Fsp3) is 0.400. The van der Waals surface area contributed by atoms with Crippen molar-refractivity contribution in [2.75, 3.05) is 5.75 Å². The average Bonchev–Trinajstić information content (AvgIpc) is 2.46. The van der Waals surface area contributed by atoms with Crippen LogP contribution >= 0.6 is 23.4 Å². The Morgan fingerprint density at radius 1 is 1.62 bits per heavy atom. The summed E-state index contributed by atoms with van der Waals surface area (Å²) >= 11 is 7.76. The zero-order valence-electron chi connectivity index (χ0n) is 7.46. The van der Waals surface area contributed by atoms with Gasteiger partial charge in [-0.25, -0.2) is 0 Å². The molecular weight excluding hydrogens is 202 g/mol. The highest BCUT2D eigenvalue weighted by Crippen LogP contribution is 2.41. The molecule has 1 aromatic carbocycles. The van der Waals surface area contributed by atoms with E-state index in [4.69, 9.17) is 17.3 Å². The first-order valence-corrected chi connectivity index (χ1v) is 5.72. The van der Waals surface area contributed by atoms with E-state index in [1.165, 1.54) is 10.5 Å². The number of rotatable bonds is 1. The van der Waals surface area contributed by atoms with Gasteiger partial charge in [0, 0.05) is 27.6 Å². The van der Waals surface area contributed by atoms with Crippen molar-refractivity contribution in [3.63, 3.8) is 0 Å². The number of halogens is 1. The first kappa shape index (κ1) is 9.38. The second kappa shape index (κ2) is 3.52. The summed E-state index contributed by atoms with van der Waals surface area (Å²) in [6.07, 6.45) is 0. The molecule has 1 aliphatic heterocycles. The summed E-state index contributed by atoms with van der Waals surface area (Å²) in [6, 6.07) is 6.31. The molecule has 1 nitrogen and oxygen atoms in total. The summed E-state index contributed by atoms with van der Waals surface area (Å²) in [5.41, 5.74) is 7.27. The molecule has 70 valence electrons. The van der Waals surface area contributed by atoms with Gasteiger partial charge in [-0.1, -0.05) is 17.7 Å². The fourth-order valence-corrected chi connectivity index (χ4v) is 3.32. The SMILES string of the molecule is CC(N)C1CSc2cc(Cl)ccc21. The van der Waals surface area contributed by atoms with Crippen LogP contribution < -0.4 is 5.73 Å². The summed E-state index contributed by atoms with van der Waals surface area (Å²) in [5.74, 6) is 1.59. The fourth-order valence-electron chi connectivity index (χ4n) is 1.64. The van der Waals surface area contributed by atoms with Gasteiger partial charge in [-0.2, -0.15) is 0 Å². The van der Waals surface area contributed by atoms with E-state index in [1.807, 2.05) is 23.9 Å². The molecule has 0 saturated heterocycles. The lowest BCUT2D eigenvalue weighted by molar-refractivity contribution is 0.622. The van der Waals surface area contributed by atoms with E-state index < -0.39 is 0 Å². The molecule has 2 N–H and O–H groups in total. The normalized spacial score (nSPS) is 22.8. The maximum atomic E-state index is 5.91. The molecule has 0 aromatic heterocycles. The number of nitrogens with two attached hydrogens (primary N) is 1. The largest absolute Gasteiger partial charge is 0.327 e. The van der Waals surface area contributed by atoms with Crippen LogP contribution in [0.3, 0.4) is 0 Å². The van der Waals surface area contributed by atoms with Gasteiger partial charge in [-0.3, -0.25) is 0 Å². The molecule has 1 heterocycles. The minimum absolute atomic E-state index is 0.231. The van der Waals surface area contributed by atoms with Crippen molar-refractivity contribution in [3.05, 3.63) is 28.8 Å². The van der Waals surface area contributed by atoms with Crippen molar-refractivity contribution in [2.24, 2.45) is 5.73 Å². The zero-order chi connectivity index (χ0) is 9.42. The van der Waals surface area contributed by atoms with Gasteiger partial charge in [0.1, 0.15) is 0 Å². The molecule has 3 heteroatoms. The first-order valence-electron chi connectivity index (χ1n) is 4.36. The highest BCUT2D eigenvalue weighted by atomic mass is 35.5. The molecule has 0 amide bonds. The molecule has 1 aliphatic rings. The van der Waals surface area contributed by atoms with Crippen molar-refractivity contribution in [1.29, 1.82) is 0 Å². The predicted octanol–water partition coefficient (Wildman–Crippen LogP) is 2.88. The number of hydrogen-bond donors (Lipinski definition) is 1. The van der Waals surface area contributed by atoms with Gasteiger partial charge < -0.3 is 5.73 Å². The topological polar surface area (TPSA) is 26.0 Å². The number of hydrogen-bond acceptors (Lipinski definition) is 2. The molecule has 0 saturated carbocycles. The minimum atomic E-state index is 0.231. The molecule has 1 aromatic rings. The van der Waals surface area contributed by atoms with Crippen LogP contribution in [0.2, 0.25) is 5.02 Å². The van der Waals surface area contributed by atoms with Crippen molar-refractivity contribution < 1.29 is 0 Å². The van der Waals surface area contributed by atoms with E-state index >= 15 is 0 Å². The summed E-state index contributed by atoms with van der Waals surface area (Å²) in [7, 11) is 0. The maximum Gasteiger partial charge on any atom is 0.0417 e. The Balaban J connectivity index is 2.38. The van der Waals surface area contributed by atoms with E-state index in [-0.39, 0.29) is 6.04 Å². The van der Waals surface area contributed by atoms with Crippen LogP contribution in [0.4, 0.5) is 0 Å². The van der Waals surface area contributed by atoms with Crippen LogP contribution in [-0.2, 0) is 0 Å². The van der Waals surface area contributed by atoms with Crippen LogP contribution in [0.5, 0.6) is 0 Å². The van der Waals surface area contributed by atoms with Crippen LogP contribution in [0, 0.1) is 0 Å². The molecule has 0 fully saturated rings. The third kappa shape index (κ3) is 1.71. The quantitative estimate of drug-likeness (QED) is 0.777. The molecule has 13 heavy (non-hydrogen) atoms. The standard InChI is InChI=1S/C10H12ClNS/c1-6(12)9-5-13-10-4-7(11)2-3-8(9)10/h2-4,6,9H,5,12H2,1H3. The lowest BCUT2D eigenvalue weighted by Crippen LogP contribution is -2.24. The third-order valence-corrected chi connectivity index (χ3v) is 3.85. The van der Waals surface area contributed by atoms with Gasteiger partial charge in [0.05, 0.1) is 0 Å². The number of thioether (sulfide) groups is 1. The zero-order valence-corrected chi connectivity index (χ0v) is 9.03. The smallest absolute Gasteiger partial charge is 0.0417 e. The predicted molar refractivity (Wildman–Crippen MR) is 58.6 cm³/mol. The van der Waals surface area contributed by atoms with E-state index in [0.717, 1.165) is 10.8 Å². The van der Waals surface area contributed by atoms with E-state index in [9.17, 15) is 0 Å². The summed E-state index contributed by atoms with van der Waals surface area (Å²) < 4.78 is 0. The third-order valence-electron chi connectivity index (χ3n) is 2.43. The Kier molecular flexibility index (Phi) is 2.54. The summed E-state index contributed by atoms with van der Waals surface area (Å²) in [6.45, 7) is 2.06. The molecule has 2 atom stereocenters. The van der Waals surface area contributed by atoms with E-state index in [0.29, 0.717) is 5.92 Å². The van der Waals surface area contributed by atoms with Gasteiger partial charge in [-0.15, -0.1) is 11.8 Å². The Morgan fingerprint density at radius 2 is 2.38 bits per heavy atom. The van der Waals surface area contributed by atoms with Gasteiger partial charge in [-0.05, 0) is 24.6 Å². The van der Waals surface area contributed by atoms with Gasteiger partial charge in [0.2, 0.25) is 0 Å². The molecular formula is C10H12ClNS. The highest BCUT2D eigenvalue weighted by Gasteiger charge is 2.25. The van der Waals surface area contributed by atoms with E-state index in [2.05, 4.69) is 13.0 Å². The monoisotopic (exact) mass is 213 g/mol. The number of fused-ring (bicyclic) bond motifs is 1. The molecule has 0 spiro atoms. The first-order chi connectivity index (χ1) is 6.18. The average molecular weight is 214 g/mol. The van der Waals surface area contributed by atoms with Crippen LogP contribution in [0.25, 0.3) is 0 Å². The summed E-state index contributed by atoms with van der Waals surface area (Å²) in [4.78, 5) is 1.30. The molecule has 2 rings (SSSR count). The minimum Gasteiger partial charge on any atom is -0.327 e. The Labute approximate surface area is 87.7 Å². The van der Waals surface area contributed by atoms with Crippen LogP contribution in [0.1, 0.15) is 18.4 Å². The van der Waals surface area contributed by atoms with Crippen LogP contribution in [-0.4, -0.2) is 11.8 Å². The highest BCUT2D eigenvalue weighted by molar-refractivity contribution is 7.99. The van der Waals surface area contributed by atoms with Crippen LogP contribution in [0.15, 0.2) is 23.1 Å². The molecule has 0 radical (unpaired) electrons. The molecule has 0 aliphatic carbocycles. The Hall–Kier alpha value is -0.180. The van der Waals surface area contributed by atoms with Gasteiger partial charge >= 0.3 is 0 Å². The van der Waals surface area contributed by atoms with Gasteiger partial charge in [0.15, 0.2) is 0 Å². The number of benzene rings is 1. The van der Waals surface area contributed by atoms with Crippen molar-refractivity contribution in [2.45, 2.75) is 23.8 Å². The van der Waals surface area contributed by atoms with Crippen molar-refractivity contribution >= 4 is 23.4 Å². The summed E-state index contributed by atoms with van der Waals surface area (Å²) in [5, 5.41) is 0.816. The Morgan fingerprint density at radius 3 is 3.08 bits per heavy atom. The maximum absolute atomic E-state index is 5.91. The lowest BCUT2D eigenvalue weighted by atomic mass is 9.95. The van der Waals surface area contributed by atoms with Gasteiger partial charge in [0.25, 0.3) is 0 Å². The molecule has 0 bridgehead atoms. The second-order valence-electron chi connectivity index (χ2n) is 3.46. The second-order valence-corrected chi connectivity index (χ2v) is 4.96. The van der Waals surface area contributed by atoms with Crippen molar-refractivity contribution in [3.8, 4) is 0 Å². The lowest BCUT2D eigenvalue weighted by Gasteiger charge is -2.14. The Bertz CT molecular complexity index is 325. The molecule has 2 unspecified atom stereocenters. The van der Waals surface area contributed by atoms with E-state index in [1.54, 1.807) is 0 Å².